The van der Waals surface area contributed by atoms with E-state index >= 15 is 0 Å². The van der Waals surface area contributed by atoms with E-state index in [9.17, 15) is 4.79 Å². The number of aryl methyl sites for hydroxylation is 1. The van der Waals surface area contributed by atoms with Crippen LogP contribution in [0, 0.1) is 6.92 Å². The Kier molecular flexibility index (Phi) is 4.63. The molecule has 1 fully saturated rings. The summed E-state index contributed by atoms with van der Waals surface area (Å²) >= 11 is 6.20. The lowest BCUT2D eigenvalue weighted by molar-refractivity contribution is 0.0902. The molecule has 0 bridgehead atoms. The molecule has 1 aromatic carbocycles. The number of amides is 1. The van der Waals surface area contributed by atoms with Crippen LogP contribution in [-0.4, -0.2) is 51.8 Å². The monoisotopic (exact) mass is 333 g/mol. The maximum Gasteiger partial charge on any atom is 0.291 e. The molecule has 1 aliphatic heterocycles. The molecule has 6 nitrogen and oxygen atoms in total. The molecule has 3 rings (SSSR count). The Balaban J connectivity index is 1.78. The minimum absolute atomic E-state index is 0.147. The van der Waals surface area contributed by atoms with Gasteiger partial charge in [0.05, 0.1) is 10.7 Å². The van der Waals surface area contributed by atoms with E-state index in [-0.39, 0.29) is 17.8 Å². The van der Waals surface area contributed by atoms with Gasteiger partial charge in [-0.25, -0.2) is 9.67 Å². The van der Waals surface area contributed by atoms with Gasteiger partial charge in [0, 0.05) is 12.6 Å². The minimum atomic E-state index is -0.237. The average Bonchev–Trinajstić information content (AvgIpc) is 2.90. The number of hydrogen-bond acceptors (Lipinski definition) is 4. The number of rotatable bonds is 3. The molecule has 1 amide bonds. The molecule has 1 aromatic heterocycles. The molecule has 122 valence electrons. The van der Waals surface area contributed by atoms with Crippen molar-refractivity contribution >= 4 is 17.5 Å². The molecule has 0 radical (unpaired) electrons. The molecule has 0 spiro atoms. The summed E-state index contributed by atoms with van der Waals surface area (Å²) in [5.74, 6) is 0.568. The number of nitrogens with one attached hydrogen (secondary N) is 1. The summed E-state index contributed by atoms with van der Waals surface area (Å²) in [5, 5.41) is 7.91. The molecule has 2 aromatic rings. The van der Waals surface area contributed by atoms with Gasteiger partial charge >= 0.3 is 0 Å². The highest BCUT2D eigenvalue weighted by molar-refractivity contribution is 6.32. The van der Waals surface area contributed by atoms with Crippen LogP contribution in [0.25, 0.3) is 5.69 Å². The number of carbonyl (C=O) groups excluding carboxylic acids is 1. The predicted molar refractivity (Wildman–Crippen MR) is 89.1 cm³/mol. The zero-order valence-corrected chi connectivity index (χ0v) is 14.0. The van der Waals surface area contributed by atoms with Crippen molar-refractivity contribution in [1.82, 2.24) is 25.0 Å². The number of aromatic nitrogens is 3. The van der Waals surface area contributed by atoms with Crippen molar-refractivity contribution < 1.29 is 4.79 Å². The Labute approximate surface area is 140 Å². The third kappa shape index (κ3) is 3.54. The van der Waals surface area contributed by atoms with Crippen molar-refractivity contribution in [2.24, 2.45) is 0 Å². The first kappa shape index (κ1) is 16.0. The van der Waals surface area contributed by atoms with Crippen LogP contribution in [0.5, 0.6) is 0 Å². The number of benzene rings is 1. The summed E-state index contributed by atoms with van der Waals surface area (Å²) in [5.41, 5.74) is 0.718. The summed E-state index contributed by atoms with van der Waals surface area (Å²) < 4.78 is 1.60. The van der Waals surface area contributed by atoms with Crippen LogP contribution >= 0.6 is 11.6 Å². The van der Waals surface area contributed by atoms with E-state index in [1.165, 1.54) is 0 Å². The molecule has 2 heterocycles. The van der Waals surface area contributed by atoms with Gasteiger partial charge in [-0.15, -0.1) is 5.10 Å². The van der Waals surface area contributed by atoms with Crippen molar-refractivity contribution in [2.45, 2.75) is 25.8 Å². The zero-order chi connectivity index (χ0) is 16.4. The zero-order valence-electron chi connectivity index (χ0n) is 13.3. The standard InChI is InChI=1S/C16H20ClN5O/c1-11-18-15(16(23)19-12-6-5-9-21(2)10-12)20-22(11)14-8-4-3-7-13(14)17/h3-4,7-8,12H,5-6,9-10H2,1-2H3,(H,19,23). The SMILES string of the molecule is Cc1nc(C(=O)NC2CCCN(C)C2)nn1-c1ccccc1Cl. The fraction of sp³-hybridized carbons (Fsp3) is 0.438. The van der Waals surface area contributed by atoms with Crippen molar-refractivity contribution in [3.8, 4) is 5.69 Å². The number of nitrogens with zero attached hydrogens (tertiary/aromatic N) is 4. The molecule has 1 N–H and O–H groups in total. The van der Waals surface area contributed by atoms with Crippen LogP contribution in [0.4, 0.5) is 0 Å². The van der Waals surface area contributed by atoms with E-state index < -0.39 is 0 Å². The number of carbonyl (C=O) groups is 1. The fourth-order valence-electron chi connectivity index (χ4n) is 2.87. The van der Waals surface area contributed by atoms with Gasteiger partial charge in [0.2, 0.25) is 5.82 Å². The summed E-state index contributed by atoms with van der Waals surface area (Å²) in [6.45, 7) is 3.74. The molecular weight excluding hydrogens is 314 g/mol. The predicted octanol–water partition coefficient (Wildman–Crippen LogP) is 2.05. The first-order chi connectivity index (χ1) is 11.0. The Hall–Kier alpha value is -1.92. The first-order valence-corrected chi connectivity index (χ1v) is 8.10. The van der Waals surface area contributed by atoms with Crippen molar-refractivity contribution in [3.05, 3.63) is 40.9 Å². The lowest BCUT2D eigenvalue weighted by Gasteiger charge is -2.29. The molecule has 23 heavy (non-hydrogen) atoms. The molecule has 1 unspecified atom stereocenters. The highest BCUT2D eigenvalue weighted by Crippen LogP contribution is 2.20. The second kappa shape index (κ2) is 6.68. The minimum Gasteiger partial charge on any atom is -0.345 e. The van der Waals surface area contributed by atoms with Crippen LogP contribution in [0.15, 0.2) is 24.3 Å². The number of piperidine rings is 1. The Morgan fingerprint density at radius 2 is 2.17 bits per heavy atom. The maximum atomic E-state index is 12.4. The molecular formula is C16H20ClN5O. The summed E-state index contributed by atoms with van der Waals surface area (Å²) in [7, 11) is 2.06. The average molecular weight is 334 g/mol. The lowest BCUT2D eigenvalue weighted by atomic mass is 10.1. The Morgan fingerprint density at radius 1 is 1.39 bits per heavy atom. The summed E-state index contributed by atoms with van der Waals surface area (Å²) in [6.07, 6.45) is 2.07. The van der Waals surface area contributed by atoms with Gasteiger partial charge in [0.25, 0.3) is 5.91 Å². The van der Waals surface area contributed by atoms with Crippen LogP contribution < -0.4 is 5.32 Å². The van der Waals surface area contributed by atoms with Crippen molar-refractivity contribution in [3.63, 3.8) is 0 Å². The fourth-order valence-corrected chi connectivity index (χ4v) is 3.09. The number of para-hydroxylation sites is 1. The Bertz CT molecular complexity index is 714. The number of likely N-dealkylation sites (tertiary alicyclic amines) is 1. The van der Waals surface area contributed by atoms with Gasteiger partial charge < -0.3 is 10.2 Å². The van der Waals surface area contributed by atoms with E-state index in [2.05, 4.69) is 27.3 Å². The highest BCUT2D eigenvalue weighted by atomic mass is 35.5. The van der Waals surface area contributed by atoms with E-state index in [4.69, 9.17) is 11.6 Å². The topological polar surface area (TPSA) is 63.1 Å². The van der Waals surface area contributed by atoms with Crippen molar-refractivity contribution in [1.29, 1.82) is 0 Å². The van der Waals surface area contributed by atoms with Gasteiger partial charge in [0.1, 0.15) is 5.82 Å². The largest absolute Gasteiger partial charge is 0.345 e. The van der Waals surface area contributed by atoms with E-state index in [1.54, 1.807) is 10.7 Å². The van der Waals surface area contributed by atoms with Gasteiger partial charge in [-0.2, -0.15) is 0 Å². The van der Waals surface area contributed by atoms with E-state index in [0.717, 1.165) is 31.6 Å². The van der Waals surface area contributed by atoms with Gasteiger partial charge in [0.15, 0.2) is 0 Å². The van der Waals surface area contributed by atoms with Crippen LogP contribution in [0.1, 0.15) is 29.3 Å². The quantitative estimate of drug-likeness (QED) is 0.933. The van der Waals surface area contributed by atoms with Crippen molar-refractivity contribution in [2.75, 3.05) is 20.1 Å². The molecule has 1 saturated heterocycles. The van der Waals surface area contributed by atoms with Crippen LogP contribution in [-0.2, 0) is 0 Å². The second-order valence-corrected chi connectivity index (χ2v) is 6.33. The summed E-state index contributed by atoms with van der Waals surface area (Å²) in [6, 6.07) is 7.51. The molecule has 1 aliphatic rings. The van der Waals surface area contributed by atoms with Gasteiger partial charge in [-0.3, -0.25) is 4.79 Å². The first-order valence-electron chi connectivity index (χ1n) is 7.72. The summed E-state index contributed by atoms with van der Waals surface area (Å²) in [4.78, 5) is 18.9. The smallest absolute Gasteiger partial charge is 0.291 e. The second-order valence-electron chi connectivity index (χ2n) is 5.92. The molecule has 7 heteroatoms. The van der Waals surface area contributed by atoms with Gasteiger partial charge in [-0.05, 0) is 45.5 Å². The maximum absolute atomic E-state index is 12.4. The third-order valence-corrected chi connectivity index (χ3v) is 4.33. The molecule has 0 saturated carbocycles. The third-order valence-electron chi connectivity index (χ3n) is 4.01. The van der Waals surface area contributed by atoms with Crippen LogP contribution in [0.2, 0.25) is 5.02 Å². The number of hydrogen-bond donors (Lipinski definition) is 1. The highest BCUT2D eigenvalue weighted by Gasteiger charge is 2.22. The molecule has 0 aliphatic carbocycles. The molecule has 1 atom stereocenters. The van der Waals surface area contributed by atoms with E-state index in [1.807, 2.05) is 25.1 Å². The lowest BCUT2D eigenvalue weighted by Crippen LogP contribution is -2.46. The number of halogens is 1. The van der Waals surface area contributed by atoms with Crippen LogP contribution in [0.3, 0.4) is 0 Å². The van der Waals surface area contributed by atoms with Gasteiger partial charge in [-0.1, -0.05) is 23.7 Å². The Morgan fingerprint density at radius 3 is 2.91 bits per heavy atom. The normalized spacial score (nSPS) is 18.8. The number of likely N-dealkylation sites (N-methyl/N-ethyl adjacent to an activating group) is 1. The van der Waals surface area contributed by atoms with E-state index in [0.29, 0.717) is 10.8 Å².